The van der Waals surface area contributed by atoms with Crippen LogP contribution >= 0.6 is 0 Å². The summed E-state index contributed by atoms with van der Waals surface area (Å²) in [6, 6.07) is 12.6. The molecule has 1 atom stereocenters. The van der Waals surface area contributed by atoms with E-state index in [2.05, 4.69) is 22.1 Å². The summed E-state index contributed by atoms with van der Waals surface area (Å²) < 4.78 is 6.47. The van der Waals surface area contributed by atoms with Crippen LogP contribution in [-0.2, 0) is 6.54 Å². The molecule has 2 aromatic carbocycles. The Kier molecular flexibility index (Phi) is 7.47. The van der Waals surface area contributed by atoms with Crippen LogP contribution in [0.4, 0.5) is 0 Å². The van der Waals surface area contributed by atoms with E-state index in [1.165, 1.54) is 19.3 Å². The normalized spacial score (nSPS) is 16.5. The van der Waals surface area contributed by atoms with Gasteiger partial charge in [-0.05, 0) is 57.0 Å². The van der Waals surface area contributed by atoms with Crippen molar-refractivity contribution in [2.24, 2.45) is 0 Å². The number of H-pyrrole nitrogens is 1. The highest BCUT2D eigenvalue weighted by Gasteiger charge is 2.17. The standard InChI is InChI=1S/C26H32N4O4/c1-18-8-5-6-14-29(18)15-7-13-27-24(31)19-11-12-21-22(16-19)28-26(33)30(25(21)32)17-20-9-3-4-10-23(20)34-2/h3-4,9-12,16,18H,5-8,13-15,17H2,1-2H3,(H,27,31)(H,28,33). The van der Waals surface area contributed by atoms with Crippen LogP contribution < -0.4 is 21.3 Å². The number of rotatable bonds is 8. The van der Waals surface area contributed by atoms with E-state index >= 15 is 0 Å². The lowest BCUT2D eigenvalue weighted by atomic mass is 10.0. The van der Waals surface area contributed by atoms with Crippen molar-refractivity contribution >= 4 is 16.8 Å². The van der Waals surface area contributed by atoms with Crippen molar-refractivity contribution in [1.29, 1.82) is 0 Å². The summed E-state index contributed by atoms with van der Waals surface area (Å²) >= 11 is 0. The zero-order valence-corrected chi connectivity index (χ0v) is 19.8. The lowest BCUT2D eigenvalue weighted by Gasteiger charge is -2.33. The van der Waals surface area contributed by atoms with Crippen LogP contribution in [0.2, 0.25) is 0 Å². The van der Waals surface area contributed by atoms with Gasteiger partial charge in [-0.2, -0.15) is 0 Å². The number of likely N-dealkylation sites (tertiary alicyclic amines) is 1. The fourth-order valence-electron chi connectivity index (χ4n) is 4.62. The van der Waals surface area contributed by atoms with Crippen LogP contribution in [0.3, 0.4) is 0 Å². The molecule has 1 unspecified atom stereocenters. The van der Waals surface area contributed by atoms with Crippen LogP contribution in [-0.4, -0.2) is 53.1 Å². The number of hydrogen-bond donors (Lipinski definition) is 2. The molecule has 0 radical (unpaired) electrons. The predicted octanol–water partition coefficient (Wildman–Crippen LogP) is 2.74. The van der Waals surface area contributed by atoms with E-state index in [1.807, 2.05) is 18.2 Å². The topological polar surface area (TPSA) is 96.4 Å². The number of carbonyl (C=O) groups excluding carboxylic acids is 1. The van der Waals surface area contributed by atoms with Gasteiger partial charge in [-0.15, -0.1) is 0 Å². The molecule has 1 aromatic heterocycles. The average molecular weight is 465 g/mol. The Hall–Kier alpha value is -3.39. The maximum atomic E-state index is 13.0. The van der Waals surface area contributed by atoms with Gasteiger partial charge in [-0.25, -0.2) is 4.79 Å². The molecule has 1 aliphatic rings. The highest BCUT2D eigenvalue weighted by Crippen LogP contribution is 2.18. The molecular weight excluding hydrogens is 432 g/mol. The van der Waals surface area contributed by atoms with E-state index in [1.54, 1.807) is 31.4 Å². The number of nitrogens with one attached hydrogen (secondary N) is 2. The number of piperidine rings is 1. The Morgan fingerprint density at radius 1 is 1.18 bits per heavy atom. The lowest BCUT2D eigenvalue weighted by Crippen LogP contribution is -2.39. The average Bonchev–Trinajstić information content (AvgIpc) is 2.85. The first kappa shape index (κ1) is 23.8. The van der Waals surface area contributed by atoms with Crippen molar-refractivity contribution in [2.75, 3.05) is 26.7 Å². The first-order valence-corrected chi connectivity index (χ1v) is 11.9. The number of nitrogens with zero attached hydrogens (tertiary/aromatic N) is 2. The third-order valence-electron chi connectivity index (χ3n) is 6.61. The van der Waals surface area contributed by atoms with Crippen molar-refractivity contribution < 1.29 is 9.53 Å². The van der Waals surface area contributed by atoms with Gasteiger partial charge in [0.15, 0.2) is 0 Å². The van der Waals surface area contributed by atoms with Crippen LogP contribution in [0.5, 0.6) is 5.75 Å². The maximum absolute atomic E-state index is 13.0. The molecule has 8 heteroatoms. The number of amides is 1. The number of fused-ring (bicyclic) bond motifs is 1. The summed E-state index contributed by atoms with van der Waals surface area (Å²) in [6.07, 6.45) is 4.66. The molecule has 34 heavy (non-hydrogen) atoms. The fourth-order valence-corrected chi connectivity index (χ4v) is 4.62. The Morgan fingerprint density at radius 3 is 2.79 bits per heavy atom. The zero-order chi connectivity index (χ0) is 24.1. The molecule has 0 aliphatic carbocycles. The van der Waals surface area contributed by atoms with Gasteiger partial charge < -0.3 is 19.9 Å². The summed E-state index contributed by atoms with van der Waals surface area (Å²) in [5.41, 5.74) is 0.549. The molecule has 4 rings (SSSR count). The molecule has 2 N–H and O–H groups in total. The predicted molar refractivity (Wildman–Crippen MR) is 133 cm³/mol. The second-order valence-corrected chi connectivity index (χ2v) is 8.88. The fraction of sp³-hybridized carbons (Fsp3) is 0.423. The van der Waals surface area contributed by atoms with Crippen LogP contribution in [0.25, 0.3) is 10.9 Å². The van der Waals surface area contributed by atoms with Gasteiger partial charge in [0, 0.05) is 30.3 Å². The second-order valence-electron chi connectivity index (χ2n) is 8.88. The van der Waals surface area contributed by atoms with Gasteiger partial charge in [0.05, 0.1) is 24.6 Å². The second kappa shape index (κ2) is 10.7. The highest BCUT2D eigenvalue weighted by atomic mass is 16.5. The van der Waals surface area contributed by atoms with Crippen molar-refractivity contribution in [3.05, 3.63) is 74.4 Å². The first-order valence-electron chi connectivity index (χ1n) is 11.9. The minimum Gasteiger partial charge on any atom is -0.496 e. The molecule has 3 aromatic rings. The van der Waals surface area contributed by atoms with Gasteiger partial charge in [0.2, 0.25) is 0 Å². The number of aromatic amines is 1. The first-order chi connectivity index (χ1) is 16.5. The smallest absolute Gasteiger partial charge is 0.329 e. The van der Waals surface area contributed by atoms with Crippen molar-refractivity contribution in [1.82, 2.24) is 19.8 Å². The van der Waals surface area contributed by atoms with Crippen LogP contribution in [0, 0.1) is 0 Å². The van der Waals surface area contributed by atoms with E-state index in [4.69, 9.17) is 4.74 Å². The number of benzene rings is 2. The molecule has 1 fully saturated rings. The third kappa shape index (κ3) is 5.22. The Morgan fingerprint density at radius 2 is 2.00 bits per heavy atom. The zero-order valence-electron chi connectivity index (χ0n) is 19.8. The van der Waals surface area contributed by atoms with E-state index in [0.29, 0.717) is 34.8 Å². The molecule has 1 aliphatic heterocycles. The largest absolute Gasteiger partial charge is 0.496 e. The van der Waals surface area contributed by atoms with Gasteiger partial charge in [-0.3, -0.25) is 14.2 Å². The van der Waals surface area contributed by atoms with E-state index in [9.17, 15) is 14.4 Å². The van der Waals surface area contributed by atoms with Crippen molar-refractivity contribution in [2.45, 2.75) is 45.2 Å². The SMILES string of the molecule is COc1ccccc1Cn1c(=O)[nH]c2cc(C(=O)NCCCN3CCCCC3C)ccc2c1=O. The van der Waals surface area contributed by atoms with Gasteiger partial charge in [-0.1, -0.05) is 24.6 Å². The molecule has 2 heterocycles. The van der Waals surface area contributed by atoms with E-state index in [0.717, 1.165) is 29.6 Å². The van der Waals surface area contributed by atoms with Gasteiger partial charge in [0.1, 0.15) is 5.75 Å². The Bertz CT molecular complexity index is 1280. The number of hydrogen-bond acceptors (Lipinski definition) is 5. The lowest BCUT2D eigenvalue weighted by molar-refractivity contribution is 0.0949. The number of methoxy groups -OCH3 is 1. The van der Waals surface area contributed by atoms with E-state index in [-0.39, 0.29) is 12.5 Å². The number of aromatic nitrogens is 2. The molecule has 8 nitrogen and oxygen atoms in total. The van der Waals surface area contributed by atoms with Crippen LogP contribution in [0.15, 0.2) is 52.1 Å². The van der Waals surface area contributed by atoms with Gasteiger partial charge >= 0.3 is 5.69 Å². The Labute approximate surface area is 198 Å². The molecule has 0 bridgehead atoms. The highest BCUT2D eigenvalue weighted by molar-refractivity contribution is 5.97. The van der Waals surface area contributed by atoms with Gasteiger partial charge in [0.25, 0.3) is 11.5 Å². The molecular formula is C26H32N4O4. The summed E-state index contributed by atoms with van der Waals surface area (Å²) in [5.74, 6) is 0.392. The van der Waals surface area contributed by atoms with Crippen molar-refractivity contribution in [3.63, 3.8) is 0 Å². The monoisotopic (exact) mass is 464 g/mol. The molecule has 180 valence electrons. The number of carbonyl (C=O) groups is 1. The Balaban J connectivity index is 1.45. The van der Waals surface area contributed by atoms with Crippen molar-refractivity contribution in [3.8, 4) is 5.75 Å². The minimum atomic E-state index is -0.531. The van der Waals surface area contributed by atoms with E-state index < -0.39 is 11.2 Å². The number of para-hydroxylation sites is 1. The summed E-state index contributed by atoms with van der Waals surface area (Å²) in [5, 5.41) is 3.30. The third-order valence-corrected chi connectivity index (χ3v) is 6.61. The molecule has 1 saturated heterocycles. The number of ether oxygens (including phenoxy) is 1. The molecule has 0 saturated carbocycles. The minimum absolute atomic E-state index is 0.0893. The summed E-state index contributed by atoms with van der Waals surface area (Å²) in [4.78, 5) is 43.6. The maximum Gasteiger partial charge on any atom is 0.329 e. The molecule has 1 amide bonds. The molecule has 0 spiro atoms. The summed E-state index contributed by atoms with van der Waals surface area (Å²) in [7, 11) is 1.55. The van der Waals surface area contributed by atoms with Crippen LogP contribution in [0.1, 0.15) is 48.5 Å². The quantitative estimate of drug-likeness (QED) is 0.500. The summed E-state index contributed by atoms with van der Waals surface area (Å²) in [6.45, 7) is 5.03.